The van der Waals surface area contributed by atoms with E-state index in [1.165, 1.54) is 7.11 Å². The summed E-state index contributed by atoms with van der Waals surface area (Å²) in [4.78, 5) is 30.8. The van der Waals surface area contributed by atoms with Gasteiger partial charge in [0.1, 0.15) is 5.69 Å². The smallest absolute Gasteiger partial charge is 0.354 e. The van der Waals surface area contributed by atoms with Gasteiger partial charge in [-0.2, -0.15) is 0 Å². The largest absolute Gasteiger partial charge is 0.477 e. The third-order valence-electron chi connectivity index (χ3n) is 4.29. The van der Waals surface area contributed by atoms with Gasteiger partial charge in [-0.25, -0.2) is 14.6 Å². The zero-order valence-corrected chi connectivity index (χ0v) is 13.8. The average Bonchev–Trinajstić information content (AvgIpc) is 3.05. The number of aromatic carboxylic acids is 1. The monoisotopic (exact) mass is 346 g/mol. The lowest BCUT2D eigenvalue weighted by atomic mass is 10.0. The van der Waals surface area contributed by atoms with E-state index in [2.05, 4.69) is 9.97 Å². The first-order valence-electron chi connectivity index (χ1n) is 7.92. The molecule has 6 heteroatoms. The first-order chi connectivity index (χ1) is 12.6. The number of aromatic nitrogens is 2. The summed E-state index contributed by atoms with van der Waals surface area (Å²) in [6, 6.07) is 16.0. The van der Waals surface area contributed by atoms with Gasteiger partial charge in [0, 0.05) is 21.9 Å². The predicted molar refractivity (Wildman–Crippen MR) is 97.3 cm³/mol. The lowest BCUT2D eigenvalue weighted by molar-refractivity contribution is 0.0600. The van der Waals surface area contributed by atoms with Crippen LogP contribution in [0.25, 0.3) is 33.1 Å². The average molecular weight is 346 g/mol. The number of methoxy groups -OCH3 is 1. The van der Waals surface area contributed by atoms with Crippen LogP contribution < -0.4 is 0 Å². The Hall–Kier alpha value is -3.67. The zero-order valence-electron chi connectivity index (χ0n) is 13.8. The molecule has 2 aromatic carbocycles. The maximum Gasteiger partial charge on any atom is 0.354 e. The topological polar surface area (TPSA) is 92.3 Å². The molecule has 0 unspecified atom stereocenters. The Labute approximate surface area is 148 Å². The summed E-state index contributed by atoms with van der Waals surface area (Å²) in [5.74, 6) is -1.52. The summed E-state index contributed by atoms with van der Waals surface area (Å²) in [7, 11) is 1.32. The van der Waals surface area contributed by atoms with Crippen molar-refractivity contribution in [2.75, 3.05) is 7.11 Å². The number of hydrogen-bond acceptors (Lipinski definition) is 4. The van der Waals surface area contributed by atoms with Gasteiger partial charge in [0.05, 0.1) is 23.9 Å². The van der Waals surface area contributed by atoms with Crippen LogP contribution >= 0.6 is 0 Å². The highest BCUT2D eigenvalue weighted by Gasteiger charge is 2.16. The van der Waals surface area contributed by atoms with E-state index in [0.29, 0.717) is 16.8 Å². The number of nitrogens with zero attached hydrogens (tertiary/aromatic N) is 1. The SMILES string of the molecule is COC(=O)c1ccc(-c2nc(C(=O)O)cc3c2[nH]c2ccccc23)cc1. The summed E-state index contributed by atoms with van der Waals surface area (Å²) in [5, 5.41) is 11.2. The number of H-pyrrole nitrogens is 1. The molecule has 0 saturated heterocycles. The van der Waals surface area contributed by atoms with E-state index in [9.17, 15) is 14.7 Å². The number of carboxylic acids is 1. The molecule has 0 atom stereocenters. The van der Waals surface area contributed by atoms with Gasteiger partial charge in [-0.1, -0.05) is 30.3 Å². The lowest BCUT2D eigenvalue weighted by Crippen LogP contribution is -2.03. The maximum absolute atomic E-state index is 11.6. The minimum absolute atomic E-state index is 0.0331. The fraction of sp³-hybridized carbons (Fsp3) is 0.0500. The van der Waals surface area contributed by atoms with Crippen molar-refractivity contribution in [3.63, 3.8) is 0 Å². The van der Waals surface area contributed by atoms with Crippen LogP contribution in [0.1, 0.15) is 20.8 Å². The highest BCUT2D eigenvalue weighted by Crippen LogP contribution is 2.32. The van der Waals surface area contributed by atoms with Gasteiger partial charge < -0.3 is 14.8 Å². The summed E-state index contributed by atoms with van der Waals surface area (Å²) in [6.07, 6.45) is 0. The van der Waals surface area contributed by atoms with Crippen molar-refractivity contribution >= 4 is 33.7 Å². The van der Waals surface area contributed by atoms with E-state index in [-0.39, 0.29) is 5.69 Å². The number of ether oxygens (including phenoxy) is 1. The molecule has 6 nitrogen and oxygen atoms in total. The number of nitrogens with one attached hydrogen (secondary N) is 1. The fourth-order valence-electron chi connectivity index (χ4n) is 3.05. The number of carboxylic acid groups (broad SMARTS) is 1. The Bertz CT molecular complexity index is 1160. The van der Waals surface area contributed by atoms with Crippen LogP contribution in [0.15, 0.2) is 54.6 Å². The Morgan fingerprint density at radius 2 is 1.77 bits per heavy atom. The molecule has 0 aliphatic carbocycles. The van der Waals surface area contributed by atoms with Crippen LogP contribution in [-0.4, -0.2) is 34.1 Å². The van der Waals surface area contributed by atoms with Gasteiger partial charge in [-0.05, 0) is 24.3 Å². The van der Waals surface area contributed by atoms with Crippen LogP contribution in [-0.2, 0) is 4.74 Å². The van der Waals surface area contributed by atoms with Crippen molar-refractivity contribution in [2.45, 2.75) is 0 Å². The molecule has 0 saturated carbocycles. The van der Waals surface area contributed by atoms with E-state index in [1.54, 1.807) is 30.3 Å². The maximum atomic E-state index is 11.6. The molecule has 0 amide bonds. The Kier molecular flexibility index (Phi) is 3.65. The van der Waals surface area contributed by atoms with Crippen molar-refractivity contribution in [1.82, 2.24) is 9.97 Å². The van der Waals surface area contributed by atoms with E-state index in [0.717, 1.165) is 21.8 Å². The zero-order chi connectivity index (χ0) is 18.3. The second-order valence-corrected chi connectivity index (χ2v) is 5.82. The lowest BCUT2D eigenvalue weighted by Gasteiger charge is -2.06. The number of aromatic amines is 1. The summed E-state index contributed by atoms with van der Waals surface area (Å²) >= 11 is 0. The molecule has 0 bridgehead atoms. The molecule has 2 aromatic heterocycles. The number of carbonyl (C=O) groups is 2. The van der Waals surface area contributed by atoms with Gasteiger partial charge in [-0.3, -0.25) is 0 Å². The molecule has 4 rings (SSSR count). The highest BCUT2D eigenvalue weighted by molar-refractivity contribution is 6.12. The number of rotatable bonds is 3. The molecule has 128 valence electrons. The Morgan fingerprint density at radius 1 is 1.04 bits per heavy atom. The standard InChI is InChI=1S/C20H14N2O4/c1-26-20(25)12-8-6-11(7-9-12)17-18-14(10-16(22-17)19(23)24)13-4-2-3-5-15(13)21-18/h2-10,21H,1H3,(H,23,24). The van der Waals surface area contributed by atoms with Crippen molar-refractivity contribution < 1.29 is 19.4 Å². The number of carbonyl (C=O) groups excluding carboxylic acids is 1. The number of esters is 1. The van der Waals surface area contributed by atoms with E-state index in [1.807, 2.05) is 24.3 Å². The van der Waals surface area contributed by atoms with Crippen LogP contribution in [0.3, 0.4) is 0 Å². The number of hydrogen-bond donors (Lipinski definition) is 2. The second kappa shape index (κ2) is 6.00. The molecule has 2 heterocycles. The molecule has 0 aliphatic rings. The van der Waals surface area contributed by atoms with Crippen LogP contribution in [0.4, 0.5) is 0 Å². The Morgan fingerprint density at radius 3 is 2.46 bits per heavy atom. The number of pyridine rings is 1. The van der Waals surface area contributed by atoms with Gasteiger partial charge in [0.25, 0.3) is 0 Å². The molecular formula is C20H14N2O4. The minimum Gasteiger partial charge on any atom is -0.477 e. The third-order valence-corrected chi connectivity index (χ3v) is 4.29. The normalized spacial score (nSPS) is 11.0. The second-order valence-electron chi connectivity index (χ2n) is 5.82. The van der Waals surface area contributed by atoms with Crippen LogP contribution in [0, 0.1) is 0 Å². The first-order valence-corrected chi connectivity index (χ1v) is 7.92. The predicted octanol–water partition coefficient (Wildman–Crippen LogP) is 3.87. The number of fused-ring (bicyclic) bond motifs is 3. The molecule has 26 heavy (non-hydrogen) atoms. The number of para-hydroxylation sites is 1. The van der Waals surface area contributed by atoms with E-state index < -0.39 is 11.9 Å². The third kappa shape index (κ3) is 2.48. The summed E-state index contributed by atoms with van der Waals surface area (Å²) in [5.41, 5.74) is 3.26. The molecule has 2 N–H and O–H groups in total. The van der Waals surface area contributed by atoms with Crippen LogP contribution in [0.2, 0.25) is 0 Å². The van der Waals surface area contributed by atoms with Crippen molar-refractivity contribution in [1.29, 1.82) is 0 Å². The van der Waals surface area contributed by atoms with Crippen molar-refractivity contribution in [3.05, 3.63) is 65.9 Å². The quantitative estimate of drug-likeness (QED) is 0.549. The molecule has 0 spiro atoms. The highest BCUT2D eigenvalue weighted by atomic mass is 16.5. The summed E-state index contributed by atoms with van der Waals surface area (Å²) in [6.45, 7) is 0. The van der Waals surface area contributed by atoms with E-state index >= 15 is 0 Å². The fourth-order valence-corrected chi connectivity index (χ4v) is 3.05. The number of benzene rings is 2. The molecule has 0 fully saturated rings. The molecular weight excluding hydrogens is 332 g/mol. The van der Waals surface area contributed by atoms with Gasteiger partial charge in [0.15, 0.2) is 0 Å². The van der Waals surface area contributed by atoms with Crippen molar-refractivity contribution in [3.8, 4) is 11.3 Å². The van der Waals surface area contributed by atoms with Crippen LogP contribution in [0.5, 0.6) is 0 Å². The minimum atomic E-state index is -1.09. The molecule has 0 aliphatic heterocycles. The molecule has 0 radical (unpaired) electrons. The van der Waals surface area contributed by atoms with E-state index in [4.69, 9.17) is 4.74 Å². The van der Waals surface area contributed by atoms with Gasteiger partial charge in [-0.15, -0.1) is 0 Å². The first kappa shape index (κ1) is 15.8. The molecule has 4 aromatic rings. The Balaban J connectivity index is 1.98. The van der Waals surface area contributed by atoms with Crippen molar-refractivity contribution in [2.24, 2.45) is 0 Å². The summed E-state index contributed by atoms with van der Waals surface area (Å²) < 4.78 is 4.70. The van der Waals surface area contributed by atoms with Gasteiger partial charge in [0.2, 0.25) is 0 Å². The van der Waals surface area contributed by atoms with Gasteiger partial charge >= 0.3 is 11.9 Å².